The Balaban J connectivity index is 2.13. The van der Waals surface area contributed by atoms with Crippen LogP contribution in [0.4, 0.5) is 11.8 Å². The summed E-state index contributed by atoms with van der Waals surface area (Å²) < 4.78 is 0. The number of nitrogens with zero attached hydrogens (tertiary/aromatic N) is 3. The Labute approximate surface area is 116 Å². The predicted molar refractivity (Wildman–Crippen MR) is 80.8 cm³/mol. The summed E-state index contributed by atoms with van der Waals surface area (Å²) in [6.07, 6.45) is 7.05. The molecule has 0 saturated carbocycles. The molecule has 4 heteroatoms. The van der Waals surface area contributed by atoms with Gasteiger partial charge in [-0.15, -0.1) is 0 Å². The molecule has 19 heavy (non-hydrogen) atoms. The standard InChI is InChI=1S/C15H26N4/c1-5-15(6-2)7-9-19(10-8-15)13-12(3)11-17-14(16-4)18-13/h11H,5-10H2,1-4H3,(H,16,17,18). The lowest BCUT2D eigenvalue weighted by molar-refractivity contribution is 0.199. The third kappa shape index (κ3) is 2.82. The maximum Gasteiger partial charge on any atom is 0.224 e. The fourth-order valence-electron chi connectivity index (χ4n) is 3.02. The zero-order valence-corrected chi connectivity index (χ0v) is 12.7. The molecule has 1 aromatic heterocycles. The number of rotatable bonds is 4. The van der Waals surface area contributed by atoms with Gasteiger partial charge in [-0.3, -0.25) is 0 Å². The smallest absolute Gasteiger partial charge is 0.224 e. The van der Waals surface area contributed by atoms with E-state index in [-0.39, 0.29) is 0 Å². The monoisotopic (exact) mass is 262 g/mol. The lowest BCUT2D eigenvalue weighted by Gasteiger charge is -2.41. The molecule has 0 atom stereocenters. The van der Waals surface area contributed by atoms with E-state index < -0.39 is 0 Å². The second kappa shape index (κ2) is 5.76. The number of hydrogen-bond acceptors (Lipinski definition) is 4. The van der Waals surface area contributed by atoms with Crippen molar-refractivity contribution in [1.29, 1.82) is 0 Å². The quantitative estimate of drug-likeness (QED) is 0.904. The topological polar surface area (TPSA) is 41.1 Å². The van der Waals surface area contributed by atoms with E-state index in [4.69, 9.17) is 0 Å². The highest BCUT2D eigenvalue weighted by Crippen LogP contribution is 2.39. The minimum atomic E-state index is 0.559. The molecule has 4 nitrogen and oxygen atoms in total. The Morgan fingerprint density at radius 1 is 1.26 bits per heavy atom. The van der Waals surface area contributed by atoms with E-state index in [1.807, 2.05) is 13.2 Å². The van der Waals surface area contributed by atoms with E-state index in [9.17, 15) is 0 Å². The largest absolute Gasteiger partial charge is 0.357 e. The molecule has 0 radical (unpaired) electrons. The molecule has 0 amide bonds. The van der Waals surface area contributed by atoms with Crippen molar-refractivity contribution in [2.75, 3.05) is 30.4 Å². The van der Waals surface area contributed by atoms with Crippen LogP contribution < -0.4 is 10.2 Å². The maximum absolute atomic E-state index is 4.62. The summed E-state index contributed by atoms with van der Waals surface area (Å²) in [5, 5.41) is 3.02. The van der Waals surface area contributed by atoms with Gasteiger partial charge in [0.05, 0.1) is 0 Å². The number of aromatic nitrogens is 2. The number of aryl methyl sites for hydroxylation is 1. The van der Waals surface area contributed by atoms with E-state index in [1.165, 1.54) is 31.2 Å². The van der Waals surface area contributed by atoms with Gasteiger partial charge >= 0.3 is 0 Å². The Bertz CT molecular complexity index is 416. The van der Waals surface area contributed by atoms with Crippen LogP contribution in [0, 0.1) is 12.3 Å². The fraction of sp³-hybridized carbons (Fsp3) is 0.733. The number of anilines is 2. The molecule has 0 aliphatic carbocycles. The summed E-state index contributed by atoms with van der Waals surface area (Å²) in [7, 11) is 1.86. The van der Waals surface area contributed by atoms with Gasteiger partial charge in [0.25, 0.3) is 0 Å². The van der Waals surface area contributed by atoms with Crippen LogP contribution in [-0.4, -0.2) is 30.1 Å². The van der Waals surface area contributed by atoms with Gasteiger partial charge in [0.2, 0.25) is 5.95 Å². The van der Waals surface area contributed by atoms with E-state index in [2.05, 4.69) is 41.0 Å². The molecule has 0 spiro atoms. The first kappa shape index (κ1) is 14.1. The fourth-order valence-corrected chi connectivity index (χ4v) is 3.02. The molecule has 1 aliphatic rings. The second-order valence-corrected chi connectivity index (χ2v) is 5.64. The third-order valence-corrected chi connectivity index (χ3v) is 4.79. The maximum atomic E-state index is 4.62. The van der Waals surface area contributed by atoms with Gasteiger partial charge < -0.3 is 10.2 Å². The number of nitrogens with one attached hydrogen (secondary N) is 1. The highest BCUT2D eigenvalue weighted by Gasteiger charge is 2.32. The molecule has 1 saturated heterocycles. The highest BCUT2D eigenvalue weighted by molar-refractivity contribution is 5.49. The molecule has 1 aromatic rings. The predicted octanol–water partition coefficient (Wildman–Crippen LogP) is 3.23. The van der Waals surface area contributed by atoms with Gasteiger partial charge in [0.1, 0.15) is 5.82 Å². The van der Waals surface area contributed by atoms with Crippen molar-refractivity contribution < 1.29 is 0 Å². The molecule has 0 bridgehead atoms. The Morgan fingerprint density at radius 2 is 1.89 bits per heavy atom. The van der Waals surface area contributed by atoms with Crippen LogP contribution in [0.5, 0.6) is 0 Å². The molecule has 1 N–H and O–H groups in total. The van der Waals surface area contributed by atoms with Crippen LogP contribution in [0.15, 0.2) is 6.20 Å². The first-order valence-corrected chi connectivity index (χ1v) is 7.40. The van der Waals surface area contributed by atoms with Crippen LogP contribution in [0.25, 0.3) is 0 Å². The van der Waals surface area contributed by atoms with Crippen molar-refractivity contribution in [3.05, 3.63) is 11.8 Å². The zero-order valence-electron chi connectivity index (χ0n) is 12.7. The second-order valence-electron chi connectivity index (χ2n) is 5.64. The Kier molecular flexibility index (Phi) is 4.27. The van der Waals surface area contributed by atoms with Crippen LogP contribution >= 0.6 is 0 Å². The van der Waals surface area contributed by atoms with E-state index in [0.717, 1.165) is 18.9 Å². The molecule has 0 aromatic carbocycles. The highest BCUT2D eigenvalue weighted by atomic mass is 15.2. The van der Waals surface area contributed by atoms with Gasteiger partial charge in [-0.1, -0.05) is 26.7 Å². The summed E-state index contributed by atoms with van der Waals surface area (Å²) in [4.78, 5) is 11.3. The summed E-state index contributed by atoms with van der Waals surface area (Å²) in [5.74, 6) is 1.81. The molecular formula is C15H26N4. The van der Waals surface area contributed by atoms with Gasteiger partial charge in [-0.2, -0.15) is 4.98 Å². The Hall–Kier alpha value is -1.32. The van der Waals surface area contributed by atoms with E-state index in [1.54, 1.807) is 0 Å². The van der Waals surface area contributed by atoms with Gasteiger partial charge in [0, 0.05) is 31.9 Å². The minimum Gasteiger partial charge on any atom is -0.357 e. The zero-order chi connectivity index (χ0) is 13.9. The number of piperidine rings is 1. The lowest BCUT2D eigenvalue weighted by atomic mass is 9.74. The van der Waals surface area contributed by atoms with Crippen molar-refractivity contribution >= 4 is 11.8 Å². The van der Waals surface area contributed by atoms with Crippen molar-refractivity contribution in [1.82, 2.24) is 9.97 Å². The summed E-state index contributed by atoms with van der Waals surface area (Å²) in [6, 6.07) is 0. The normalized spacial score (nSPS) is 18.4. The van der Waals surface area contributed by atoms with Crippen LogP contribution in [-0.2, 0) is 0 Å². The average molecular weight is 262 g/mol. The molecule has 1 fully saturated rings. The third-order valence-electron chi connectivity index (χ3n) is 4.79. The molecule has 2 rings (SSSR count). The molecular weight excluding hydrogens is 236 g/mol. The van der Waals surface area contributed by atoms with Crippen LogP contribution in [0.3, 0.4) is 0 Å². The summed E-state index contributed by atoms with van der Waals surface area (Å²) in [5.41, 5.74) is 1.73. The average Bonchev–Trinajstić information content (AvgIpc) is 2.48. The minimum absolute atomic E-state index is 0.559. The molecule has 1 aliphatic heterocycles. The van der Waals surface area contributed by atoms with Crippen molar-refractivity contribution in [3.63, 3.8) is 0 Å². The lowest BCUT2D eigenvalue weighted by Crippen LogP contribution is -2.40. The Morgan fingerprint density at radius 3 is 2.42 bits per heavy atom. The van der Waals surface area contributed by atoms with Gasteiger partial charge in [-0.05, 0) is 25.2 Å². The molecule has 2 heterocycles. The van der Waals surface area contributed by atoms with Crippen LogP contribution in [0.2, 0.25) is 0 Å². The first-order chi connectivity index (χ1) is 9.14. The number of hydrogen-bond donors (Lipinski definition) is 1. The molecule has 0 unspecified atom stereocenters. The first-order valence-electron chi connectivity index (χ1n) is 7.40. The van der Waals surface area contributed by atoms with Crippen molar-refractivity contribution in [3.8, 4) is 0 Å². The SMILES string of the molecule is CCC1(CC)CCN(c2nc(NC)ncc2C)CC1. The van der Waals surface area contributed by atoms with Gasteiger partial charge in [0.15, 0.2) is 0 Å². The summed E-state index contributed by atoms with van der Waals surface area (Å²) in [6.45, 7) is 8.98. The van der Waals surface area contributed by atoms with E-state index in [0.29, 0.717) is 11.4 Å². The summed E-state index contributed by atoms with van der Waals surface area (Å²) >= 11 is 0. The molecule has 106 valence electrons. The van der Waals surface area contributed by atoms with Crippen LogP contribution in [0.1, 0.15) is 45.1 Å². The van der Waals surface area contributed by atoms with E-state index >= 15 is 0 Å². The van der Waals surface area contributed by atoms with Crippen molar-refractivity contribution in [2.45, 2.75) is 46.5 Å². The van der Waals surface area contributed by atoms with Crippen molar-refractivity contribution in [2.24, 2.45) is 5.41 Å². The van der Waals surface area contributed by atoms with Gasteiger partial charge in [-0.25, -0.2) is 4.98 Å².